The summed E-state index contributed by atoms with van der Waals surface area (Å²) in [4.78, 5) is 9.81. The molecule has 0 aliphatic carbocycles. The molecule has 0 aliphatic rings. The minimum absolute atomic E-state index is 0.255. The van der Waals surface area contributed by atoms with Crippen LogP contribution < -0.4 is 0 Å². The van der Waals surface area contributed by atoms with E-state index in [4.69, 9.17) is 0 Å². The molecule has 9 heavy (non-hydrogen) atoms. The largest absolute Gasteiger partial charge is 0.300 e. The molecule has 0 unspecified atom stereocenters. The average molecular weight is 128 g/mol. The van der Waals surface area contributed by atoms with E-state index in [0.29, 0.717) is 6.42 Å². The number of carbonyl (C=O) groups is 1. The average Bonchev–Trinajstić information content (AvgIpc) is 1.65. The molecular formula is C8H16O. The van der Waals surface area contributed by atoms with E-state index in [0.717, 1.165) is 0 Å². The minimum atomic E-state index is 0.255. The van der Waals surface area contributed by atoms with Gasteiger partial charge in [0.1, 0.15) is 5.78 Å². The third-order valence-electron chi connectivity index (χ3n) is 0.498. The van der Waals surface area contributed by atoms with Gasteiger partial charge in [-0.25, -0.2) is 0 Å². The monoisotopic (exact) mass is 128 g/mol. The lowest BCUT2D eigenvalue weighted by Crippen LogP contribution is -1.80. The normalized spacial score (nSPS) is 7.11. The van der Waals surface area contributed by atoms with Crippen LogP contribution in [0, 0.1) is 0 Å². The highest BCUT2D eigenvalue weighted by molar-refractivity contribution is 5.74. The molecule has 0 saturated carbocycles. The molecule has 0 radical (unpaired) electrons. The predicted molar refractivity (Wildman–Crippen MR) is 41.5 cm³/mol. The summed E-state index contributed by atoms with van der Waals surface area (Å²) in [7, 11) is 0. The highest BCUT2D eigenvalue weighted by atomic mass is 16.1. The highest BCUT2D eigenvalue weighted by Gasteiger charge is 1.76. The number of rotatable bonds is 1. The van der Waals surface area contributed by atoms with Gasteiger partial charge < -0.3 is 4.79 Å². The van der Waals surface area contributed by atoms with Crippen LogP contribution in [0.25, 0.3) is 0 Å². The lowest BCUT2D eigenvalue weighted by molar-refractivity contribution is -0.116. The number of ketones is 1. The topological polar surface area (TPSA) is 17.1 Å². The molecule has 0 fully saturated rings. The zero-order chi connectivity index (χ0) is 7.86. The van der Waals surface area contributed by atoms with Gasteiger partial charge in [-0.1, -0.05) is 12.5 Å². The van der Waals surface area contributed by atoms with Crippen LogP contribution in [0.3, 0.4) is 0 Å². The van der Waals surface area contributed by atoms with Gasteiger partial charge >= 0.3 is 0 Å². The van der Waals surface area contributed by atoms with Crippen molar-refractivity contribution < 1.29 is 4.79 Å². The summed E-state index contributed by atoms with van der Waals surface area (Å²) in [6.45, 7) is 10.9. The Balaban J connectivity index is 0. The van der Waals surface area contributed by atoms with E-state index in [-0.39, 0.29) is 5.78 Å². The summed E-state index contributed by atoms with van der Waals surface area (Å²) >= 11 is 0. The number of hydrogen-bond donors (Lipinski definition) is 0. The van der Waals surface area contributed by atoms with Crippen molar-refractivity contribution in [2.75, 3.05) is 0 Å². The van der Waals surface area contributed by atoms with E-state index < -0.39 is 0 Å². The zero-order valence-electron chi connectivity index (χ0n) is 6.82. The fraction of sp³-hybridized carbons (Fsp3) is 0.625. The van der Waals surface area contributed by atoms with Crippen molar-refractivity contribution in [2.24, 2.45) is 0 Å². The molecule has 0 atom stereocenters. The third kappa shape index (κ3) is 109. The maximum absolute atomic E-state index is 9.81. The Morgan fingerprint density at radius 3 is 1.44 bits per heavy atom. The maximum atomic E-state index is 9.81. The fourth-order valence-electron chi connectivity index (χ4n) is 0. The number of allylic oxidation sites excluding steroid dienone is 1. The molecule has 0 aromatic heterocycles. The van der Waals surface area contributed by atoms with Gasteiger partial charge in [0.05, 0.1) is 0 Å². The van der Waals surface area contributed by atoms with Gasteiger partial charge in [-0.2, -0.15) is 0 Å². The minimum Gasteiger partial charge on any atom is -0.300 e. The molecular weight excluding hydrogens is 112 g/mol. The molecule has 54 valence electrons. The van der Waals surface area contributed by atoms with Crippen molar-refractivity contribution in [3.63, 3.8) is 0 Å². The Morgan fingerprint density at radius 2 is 1.44 bits per heavy atom. The SMILES string of the molecule is C=C(C)C.CCC(C)=O. The molecule has 0 saturated heterocycles. The Bertz CT molecular complexity index is 88.7. The first kappa shape index (κ1) is 11.2. The fourth-order valence-corrected chi connectivity index (χ4v) is 0. The van der Waals surface area contributed by atoms with Crippen molar-refractivity contribution in [3.8, 4) is 0 Å². The predicted octanol–water partition coefficient (Wildman–Crippen LogP) is 2.57. The van der Waals surface area contributed by atoms with Crippen LogP contribution in [-0.2, 0) is 4.79 Å². The van der Waals surface area contributed by atoms with Gasteiger partial charge in [0.15, 0.2) is 0 Å². The summed E-state index contributed by atoms with van der Waals surface area (Å²) < 4.78 is 0. The van der Waals surface area contributed by atoms with Crippen LogP contribution in [0.5, 0.6) is 0 Å². The standard InChI is InChI=1S/C4H8O.C4H8/c1-3-4(2)5;1-4(2)3/h3H2,1-2H3;1H2,2-3H3. The maximum Gasteiger partial charge on any atom is 0.129 e. The van der Waals surface area contributed by atoms with Gasteiger partial charge in [0, 0.05) is 6.42 Å². The van der Waals surface area contributed by atoms with E-state index in [1.165, 1.54) is 5.57 Å². The van der Waals surface area contributed by atoms with Crippen molar-refractivity contribution in [2.45, 2.75) is 34.1 Å². The molecule has 0 spiro atoms. The Kier molecular flexibility index (Phi) is 9.25. The highest BCUT2D eigenvalue weighted by Crippen LogP contribution is 1.73. The molecule has 0 aromatic carbocycles. The summed E-state index contributed by atoms with van der Waals surface area (Å²) in [6, 6.07) is 0. The Morgan fingerprint density at radius 1 is 1.33 bits per heavy atom. The molecule has 0 N–H and O–H groups in total. The smallest absolute Gasteiger partial charge is 0.129 e. The van der Waals surface area contributed by atoms with E-state index >= 15 is 0 Å². The van der Waals surface area contributed by atoms with Crippen LogP contribution in [0.1, 0.15) is 34.1 Å². The van der Waals surface area contributed by atoms with Gasteiger partial charge in [0.25, 0.3) is 0 Å². The Hall–Kier alpha value is -0.590. The molecule has 0 aliphatic heterocycles. The molecule has 1 nitrogen and oxygen atoms in total. The van der Waals surface area contributed by atoms with Gasteiger partial charge in [-0.05, 0) is 20.8 Å². The van der Waals surface area contributed by atoms with E-state index in [1.54, 1.807) is 6.92 Å². The van der Waals surface area contributed by atoms with Gasteiger partial charge in [-0.15, -0.1) is 6.58 Å². The first-order valence-electron chi connectivity index (χ1n) is 3.12. The molecule has 0 heterocycles. The summed E-state index contributed by atoms with van der Waals surface area (Å²) in [5.74, 6) is 0.255. The summed E-state index contributed by atoms with van der Waals surface area (Å²) in [6.07, 6.45) is 0.667. The number of Topliss-reactive ketones (excluding diaryl/α,β-unsaturated/α-hetero) is 1. The second-order valence-corrected chi connectivity index (χ2v) is 2.26. The molecule has 0 aromatic rings. The quantitative estimate of drug-likeness (QED) is 0.496. The second kappa shape index (κ2) is 7.41. The first-order chi connectivity index (χ1) is 4.00. The Labute approximate surface area is 57.8 Å². The first-order valence-corrected chi connectivity index (χ1v) is 3.12. The van der Waals surface area contributed by atoms with E-state index in [2.05, 4.69) is 6.58 Å². The molecule has 1 heteroatoms. The second-order valence-electron chi connectivity index (χ2n) is 2.26. The lowest BCUT2D eigenvalue weighted by Gasteiger charge is -1.71. The van der Waals surface area contributed by atoms with E-state index in [9.17, 15) is 4.79 Å². The summed E-state index contributed by atoms with van der Waals surface area (Å²) in [5.41, 5.74) is 1.17. The zero-order valence-corrected chi connectivity index (χ0v) is 6.82. The van der Waals surface area contributed by atoms with Crippen LogP contribution in [0.2, 0.25) is 0 Å². The van der Waals surface area contributed by atoms with Crippen LogP contribution in [0.15, 0.2) is 12.2 Å². The molecule has 0 bridgehead atoms. The van der Waals surface area contributed by atoms with Crippen LogP contribution in [0.4, 0.5) is 0 Å². The van der Waals surface area contributed by atoms with Crippen molar-refractivity contribution in [1.29, 1.82) is 0 Å². The number of hydrogen-bond acceptors (Lipinski definition) is 1. The molecule has 0 rings (SSSR count). The van der Waals surface area contributed by atoms with Gasteiger partial charge in [-0.3, -0.25) is 0 Å². The summed E-state index contributed by atoms with van der Waals surface area (Å²) in [5, 5.41) is 0. The van der Waals surface area contributed by atoms with Gasteiger partial charge in [0.2, 0.25) is 0 Å². The number of carbonyl (C=O) groups excluding carboxylic acids is 1. The third-order valence-corrected chi connectivity index (χ3v) is 0.498. The molecule has 0 amide bonds. The van der Waals surface area contributed by atoms with Crippen LogP contribution in [-0.4, -0.2) is 5.78 Å². The van der Waals surface area contributed by atoms with E-state index in [1.807, 2.05) is 20.8 Å². The van der Waals surface area contributed by atoms with Crippen molar-refractivity contribution in [1.82, 2.24) is 0 Å². The van der Waals surface area contributed by atoms with Crippen LogP contribution >= 0.6 is 0 Å². The van der Waals surface area contributed by atoms with Crippen molar-refractivity contribution in [3.05, 3.63) is 12.2 Å². The van der Waals surface area contributed by atoms with Crippen molar-refractivity contribution >= 4 is 5.78 Å². The lowest BCUT2D eigenvalue weighted by atomic mass is 10.4.